The van der Waals surface area contributed by atoms with E-state index in [1.807, 2.05) is 20.8 Å². The van der Waals surface area contributed by atoms with Crippen molar-refractivity contribution < 1.29 is 9.00 Å². The summed E-state index contributed by atoms with van der Waals surface area (Å²) in [7, 11) is -0.906. The van der Waals surface area contributed by atoms with Crippen LogP contribution in [-0.2, 0) is 15.6 Å². The van der Waals surface area contributed by atoms with Gasteiger partial charge >= 0.3 is 0 Å². The van der Waals surface area contributed by atoms with Crippen molar-refractivity contribution >= 4 is 16.7 Å². The third kappa shape index (κ3) is 6.62. The van der Waals surface area contributed by atoms with Crippen LogP contribution in [0.15, 0.2) is 0 Å². The first kappa shape index (κ1) is 14.6. The molecule has 0 fully saturated rings. The van der Waals surface area contributed by atoms with E-state index in [0.717, 1.165) is 0 Å². The highest BCUT2D eigenvalue weighted by molar-refractivity contribution is 7.84. The van der Waals surface area contributed by atoms with Gasteiger partial charge in [-0.05, 0) is 19.3 Å². The van der Waals surface area contributed by atoms with Crippen LogP contribution < -0.4 is 11.1 Å². The first-order valence-electron chi connectivity index (χ1n) is 5.20. The predicted octanol–water partition coefficient (Wildman–Crippen LogP) is 0.243. The summed E-state index contributed by atoms with van der Waals surface area (Å²) in [5.74, 6) is 0.254. The Labute approximate surface area is 94.4 Å². The van der Waals surface area contributed by atoms with Gasteiger partial charge < -0.3 is 11.1 Å². The standard InChI is InChI=1S/C10H22N2O2S/c1-7(2)5-9(11)10(13)12-6-8(3)15(4)14/h7-9H,5-6,11H2,1-4H3,(H,12,13). The first-order chi connectivity index (χ1) is 6.84. The topological polar surface area (TPSA) is 72.2 Å². The van der Waals surface area contributed by atoms with Crippen LogP contribution in [0.4, 0.5) is 0 Å². The second-order valence-corrected chi connectivity index (χ2v) is 6.09. The van der Waals surface area contributed by atoms with E-state index >= 15 is 0 Å². The number of rotatable bonds is 6. The normalized spacial score (nSPS) is 17.2. The molecule has 0 saturated heterocycles. The van der Waals surface area contributed by atoms with E-state index in [9.17, 15) is 9.00 Å². The van der Waals surface area contributed by atoms with Gasteiger partial charge in [0.05, 0.1) is 6.04 Å². The second-order valence-electron chi connectivity index (χ2n) is 4.29. The van der Waals surface area contributed by atoms with Crippen LogP contribution in [0.25, 0.3) is 0 Å². The van der Waals surface area contributed by atoms with Crippen LogP contribution in [0.3, 0.4) is 0 Å². The summed E-state index contributed by atoms with van der Waals surface area (Å²) < 4.78 is 11.0. The molecular weight excluding hydrogens is 212 g/mol. The predicted molar refractivity (Wildman–Crippen MR) is 64.0 cm³/mol. The molecule has 0 bridgehead atoms. The number of carbonyl (C=O) groups excluding carboxylic acids is 1. The van der Waals surface area contributed by atoms with E-state index in [2.05, 4.69) is 5.32 Å². The Balaban J connectivity index is 3.88. The van der Waals surface area contributed by atoms with Crippen LogP contribution in [-0.4, -0.2) is 34.2 Å². The zero-order chi connectivity index (χ0) is 12.0. The molecule has 3 unspecified atom stereocenters. The maximum absolute atomic E-state index is 11.5. The monoisotopic (exact) mass is 234 g/mol. The Morgan fingerprint density at radius 2 is 1.93 bits per heavy atom. The molecule has 90 valence electrons. The molecular formula is C10H22N2O2S. The molecule has 0 aromatic carbocycles. The minimum absolute atomic E-state index is 0.0276. The molecule has 15 heavy (non-hydrogen) atoms. The van der Waals surface area contributed by atoms with E-state index in [4.69, 9.17) is 5.73 Å². The Bertz CT molecular complexity index is 231. The van der Waals surface area contributed by atoms with Gasteiger partial charge in [0, 0.05) is 28.9 Å². The molecule has 5 heteroatoms. The number of nitrogens with one attached hydrogen (secondary N) is 1. The second kappa shape index (κ2) is 6.95. The van der Waals surface area contributed by atoms with E-state index in [1.54, 1.807) is 6.26 Å². The molecule has 4 nitrogen and oxygen atoms in total. The highest BCUT2D eigenvalue weighted by atomic mass is 32.2. The molecule has 0 aromatic rings. The molecule has 0 aromatic heterocycles. The lowest BCUT2D eigenvalue weighted by molar-refractivity contribution is -0.122. The van der Waals surface area contributed by atoms with E-state index in [1.165, 1.54) is 0 Å². The summed E-state index contributed by atoms with van der Waals surface area (Å²) in [6.45, 7) is 6.31. The third-order valence-corrected chi connectivity index (χ3v) is 3.49. The fourth-order valence-electron chi connectivity index (χ4n) is 1.11. The lowest BCUT2D eigenvalue weighted by Gasteiger charge is -2.15. The Morgan fingerprint density at radius 3 is 2.33 bits per heavy atom. The van der Waals surface area contributed by atoms with Gasteiger partial charge in [0.15, 0.2) is 0 Å². The summed E-state index contributed by atoms with van der Waals surface area (Å²) in [6, 6.07) is -0.456. The minimum atomic E-state index is -0.906. The molecule has 0 rings (SSSR count). The zero-order valence-electron chi connectivity index (χ0n) is 9.95. The maximum atomic E-state index is 11.5. The number of carbonyl (C=O) groups is 1. The summed E-state index contributed by atoms with van der Waals surface area (Å²) in [5.41, 5.74) is 5.69. The molecule has 0 aliphatic rings. The largest absolute Gasteiger partial charge is 0.354 e. The van der Waals surface area contributed by atoms with Gasteiger partial charge in [-0.15, -0.1) is 0 Å². The Kier molecular flexibility index (Phi) is 6.76. The smallest absolute Gasteiger partial charge is 0.236 e. The molecule has 3 N–H and O–H groups in total. The SMILES string of the molecule is CC(C)CC(N)C(=O)NCC(C)S(C)=O. The Morgan fingerprint density at radius 1 is 1.40 bits per heavy atom. The molecule has 1 amide bonds. The van der Waals surface area contributed by atoms with Gasteiger partial charge in [-0.3, -0.25) is 9.00 Å². The third-order valence-electron chi connectivity index (χ3n) is 2.19. The fourth-order valence-corrected chi connectivity index (χ4v) is 1.43. The molecule has 0 spiro atoms. The van der Waals surface area contributed by atoms with E-state index in [0.29, 0.717) is 18.9 Å². The number of nitrogens with two attached hydrogens (primary N) is 1. The fraction of sp³-hybridized carbons (Fsp3) is 0.900. The lowest BCUT2D eigenvalue weighted by Crippen LogP contribution is -2.44. The summed E-state index contributed by atoms with van der Waals surface area (Å²) >= 11 is 0. The Hall–Kier alpha value is -0.420. The highest BCUT2D eigenvalue weighted by Crippen LogP contribution is 2.02. The van der Waals surface area contributed by atoms with Crippen molar-refractivity contribution in [2.24, 2.45) is 11.7 Å². The van der Waals surface area contributed by atoms with Crippen molar-refractivity contribution in [3.63, 3.8) is 0 Å². The molecule has 0 aliphatic carbocycles. The van der Waals surface area contributed by atoms with Gasteiger partial charge in [-0.25, -0.2) is 0 Å². The molecule has 0 aliphatic heterocycles. The van der Waals surface area contributed by atoms with Crippen LogP contribution in [0, 0.1) is 5.92 Å². The van der Waals surface area contributed by atoms with Crippen molar-refractivity contribution in [1.82, 2.24) is 5.32 Å². The average Bonchev–Trinajstić information content (AvgIpc) is 2.12. The van der Waals surface area contributed by atoms with Crippen LogP contribution in [0.5, 0.6) is 0 Å². The number of amides is 1. The highest BCUT2D eigenvalue weighted by Gasteiger charge is 2.16. The van der Waals surface area contributed by atoms with Gasteiger partial charge in [0.25, 0.3) is 0 Å². The minimum Gasteiger partial charge on any atom is -0.354 e. The van der Waals surface area contributed by atoms with Crippen molar-refractivity contribution in [1.29, 1.82) is 0 Å². The van der Waals surface area contributed by atoms with Crippen LogP contribution in [0.1, 0.15) is 27.2 Å². The van der Waals surface area contributed by atoms with E-state index in [-0.39, 0.29) is 11.2 Å². The number of hydrogen-bond donors (Lipinski definition) is 2. The zero-order valence-corrected chi connectivity index (χ0v) is 10.8. The molecule has 3 atom stereocenters. The molecule has 0 saturated carbocycles. The van der Waals surface area contributed by atoms with Crippen molar-refractivity contribution in [2.45, 2.75) is 38.5 Å². The van der Waals surface area contributed by atoms with Crippen LogP contribution >= 0.6 is 0 Å². The van der Waals surface area contributed by atoms with Crippen LogP contribution in [0.2, 0.25) is 0 Å². The van der Waals surface area contributed by atoms with Gasteiger partial charge in [0.1, 0.15) is 0 Å². The van der Waals surface area contributed by atoms with Gasteiger partial charge in [0.2, 0.25) is 5.91 Å². The summed E-state index contributed by atoms with van der Waals surface area (Å²) in [5, 5.41) is 2.68. The molecule has 0 heterocycles. The first-order valence-corrected chi connectivity index (χ1v) is 6.82. The van der Waals surface area contributed by atoms with Gasteiger partial charge in [-0.1, -0.05) is 13.8 Å². The summed E-state index contributed by atoms with van der Waals surface area (Å²) in [6.07, 6.45) is 2.31. The van der Waals surface area contributed by atoms with Crippen molar-refractivity contribution in [2.75, 3.05) is 12.8 Å². The van der Waals surface area contributed by atoms with Crippen molar-refractivity contribution in [3.8, 4) is 0 Å². The van der Waals surface area contributed by atoms with E-state index < -0.39 is 16.8 Å². The quantitative estimate of drug-likeness (QED) is 0.691. The average molecular weight is 234 g/mol. The maximum Gasteiger partial charge on any atom is 0.236 e. The summed E-state index contributed by atoms with van der Waals surface area (Å²) in [4.78, 5) is 11.5. The number of hydrogen-bond acceptors (Lipinski definition) is 3. The lowest BCUT2D eigenvalue weighted by atomic mass is 10.0. The molecule has 0 radical (unpaired) electrons. The van der Waals surface area contributed by atoms with Gasteiger partial charge in [-0.2, -0.15) is 0 Å². The van der Waals surface area contributed by atoms with Crippen molar-refractivity contribution in [3.05, 3.63) is 0 Å².